The van der Waals surface area contributed by atoms with Crippen LogP contribution in [0.3, 0.4) is 0 Å². The van der Waals surface area contributed by atoms with Gasteiger partial charge in [-0.05, 0) is 51.7 Å². The number of hydrogen-bond acceptors (Lipinski definition) is 5. The number of nitrogens with zero attached hydrogens (tertiary/aromatic N) is 1. The highest BCUT2D eigenvalue weighted by atomic mass is 16.5. The molecule has 6 nitrogen and oxygen atoms in total. The average Bonchev–Trinajstić information content (AvgIpc) is 3.01. The Labute approximate surface area is 172 Å². The molecule has 0 saturated carbocycles. The van der Waals surface area contributed by atoms with Gasteiger partial charge in [-0.1, -0.05) is 24.3 Å². The maximum atomic E-state index is 12.4. The second-order valence-electron chi connectivity index (χ2n) is 8.13. The molecule has 0 aromatic heterocycles. The van der Waals surface area contributed by atoms with Crippen molar-refractivity contribution in [2.75, 3.05) is 34.4 Å². The summed E-state index contributed by atoms with van der Waals surface area (Å²) >= 11 is 0. The van der Waals surface area contributed by atoms with Crippen molar-refractivity contribution in [1.29, 1.82) is 0 Å². The van der Waals surface area contributed by atoms with Gasteiger partial charge in [-0.25, -0.2) is 0 Å². The van der Waals surface area contributed by atoms with E-state index >= 15 is 0 Å². The van der Waals surface area contributed by atoms with Crippen molar-refractivity contribution in [3.63, 3.8) is 0 Å². The summed E-state index contributed by atoms with van der Waals surface area (Å²) in [5, 5.41) is 2.97. The van der Waals surface area contributed by atoms with E-state index in [1.54, 1.807) is 7.11 Å². The first-order valence-corrected chi connectivity index (χ1v) is 9.80. The van der Waals surface area contributed by atoms with Crippen molar-refractivity contribution < 1.29 is 19.0 Å². The SMILES string of the molecule is COc1ccc(C(CNC(=O)COc2cccc3c2OC(C)(C)C3)N(C)C)cc1. The first-order chi connectivity index (χ1) is 13.8. The molecule has 3 rings (SSSR count). The van der Waals surface area contributed by atoms with E-state index in [-0.39, 0.29) is 24.2 Å². The van der Waals surface area contributed by atoms with Gasteiger partial charge in [0.2, 0.25) is 0 Å². The Morgan fingerprint density at radius 3 is 2.59 bits per heavy atom. The Bertz CT molecular complexity index is 846. The summed E-state index contributed by atoms with van der Waals surface area (Å²) in [6.45, 7) is 4.52. The van der Waals surface area contributed by atoms with Gasteiger partial charge in [0.1, 0.15) is 11.4 Å². The standard InChI is InChI=1S/C23H30N2O4/c1-23(2)13-17-7-6-8-20(22(17)29-23)28-15-21(26)24-14-19(25(3)4)16-9-11-18(27-5)12-10-16/h6-12,19H,13-15H2,1-5H3,(H,24,26). The van der Waals surface area contributed by atoms with Crippen molar-refractivity contribution in [3.05, 3.63) is 53.6 Å². The van der Waals surface area contributed by atoms with Crippen LogP contribution in [0.4, 0.5) is 0 Å². The average molecular weight is 399 g/mol. The number of carbonyl (C=O) groups is 1. The maximum absolute atomic E-state index is 12.4. The number of amides is 1. The number of fused-ring (bicyclic) bond motifs is 1. The Morgan fingerprint density at radius 1 is 1.21 bits per heavy atom. The van der Waals surface area contributed by atoms with Gasteiger partial charge in [0.05, 0.1) is 13.2 Å². The van der Waals surface area contributed by atoms with Gasteiger partial charge in [-0.15, -0.1) is 0 Å². The molecule has 1 aliphatic heterocycles. The molecule has 0 fully saturated rings. The smallest absolute Gasteiger partial charge is 0.258 e. The molecule has 1 atom stereocenters. The third-order valence-electron chi connectivity index (χ3n) is 5.03. The molecule has 2 aromatic carbocycles. The Morgan fingerprint density at radius 2 is 1.93 bits per heavy atom. The van der Waals surface area contributed by atoms with Crippen LogP contribution in [0.15, 0.2) is 42.5 Å². The molecule has 156 valence electrons. The molecule has 1 N–H and O–H groups in total. The van der Waals surface area contributed by atoms with E-state index < -0.39 is 0 Å². The Kier molecular flexibility index (Phi) is 6.33. The van der Waals surface area contributed by atoms with Gasteiger partial charge in [0, 0.05) is 18.5 Å². The maximum Gasteiger partial charge on any atom is 0.258 e. The summed E-state index contributed by atoms with van der Waals surface area (Å²) in [4.78, 5) is 14.5. The zero-order valence-corrected chi connectivity index (χ0v) is 17.8. The molecular formula is C23H30N2O4. The lowest BCUT2D eigenvalue weighted by molar-refractivity contribution is -0.123. The van der Waals surface area contributed by atoms with Crippen LogP contribution < -0.4 is 19.5 Å². The minimum absolute atomic E-state index is 0.0509. The highest BCUT2D eigenvalue weighted by Gasteiger charge is 2.32. The van der Waals surface area contributed by atoms with Crippen LogP contribution in [0.1, 0.15) is 31.0 Å². The predicted molar refractivity (Wildman–Crippen MR) is 113 cm³/mol. The monoisotopic (exact) mass is 398 g/mol. The van der Waals surface area contributed by atoms with E-state index in [1.165, 1.54) is 0 Å². The van der Waals surface area contributed by atoms with Crippen molar-refractivity contribution >= 4 is 5.91 Å². The van der Waals surface area contributed by atoms with Crippen LogP contribution in [0.2, 0.25) is 0 Å². The lowest BCUT2D eigenvalue weighted by Crippen LogP contribution is -2.36. The molecule has 6 heteroatoms. The molecule has 2 aromatic rings. The second-order valence-corrected chi connectivity index (χ2v) is 8.13. The molecule has 0 bridgehead atoms. The van der Waals surface area contributed by atoms with Gasteiger partial charge in [-0.3, -0.25) is 4.79 Å². The number of hydrogen-bond donors (Lipinski definition) is 1. The molecular weight excluding hydrogens is 368 g/mol. The number of benzene rings is 2. The number of para-hydroxylation sites is 1. The second kappa shape index (κ2) is 8.74. The summed E-state index contributed by atoms with van der Waals surface area (Å²) in [6, 6.07) is 13.7. The number of likely N-dealkylation sites (N-methyl/N-ethyl adjacent to an activating group) is 1. The van der Waals surface area contributed by atoms with Gasteiger partial charge < -0.3 is 24.4 Å². The quantitative estimate of drug-likeness (QED) is 0.740. The van der Waals surface area contributed by atoms with Gasteiger partial charge >= 0.3 is 0 Å². The number of methoxy groups -OCH3 is 1. The Hall–Kier alpha value is -2.73. The van der Waals surface area contributed by atoms with E-state index in [9.17, 15) is 4.79 Å². The van der Waals surface area contributed by atoms with Crippen LogP contribution in [0.5, 0.6) is 17.2 Å². The summed E-state index contributed by atoms with van der Waals surface area (Å²) in [5.74, 6) is 2.00. The largest absolute Gasteiger partial charge is 0.497 e. The van der Waals surface area contributed by atoms with E-state index in [1.807, 2.05) is 70.4 Å². The van der Waals surface area contributed by atoms with Crippen LogP contribution in [0, 0.1) is 0 Å². The topological polar surface area (TPSA) is 60.0 Å². The summed E-state index contributed by atoms with van der Waals surface area (Å²) in [6.07, 6.45) is 0.831. The van der Waals surface area contributed by atoms with Crippen LogP contribution >= 0.6 is 0 Å². The molecule has 0 saturated heterocycles. The first-order valence-electron chi connectivity index (χ1n) is 9.80. The highest BCUT2D eigenvalue weighted by Crippen LogP contribution is 2.41. The number of rotatable bonds is 8. The van der Waals surface area contributed by atoms with Crippen molar-refractivity contribution in [2.24, 2.45) is 0 Å². The fourth-order valence-corrected chi connectivity index (χ4v) is 3.53. The van der Waals surface area contributed by atoms with Gasteiger partial charge in [-0.2, -0.15) is 0 Å². The predicted octanol–water partition coefficient (Wildman–Crippen LogP) is 3.21. The van der Waals surface area contributed by atoms with E-state index in [4.69, 9.17) is 14.2 Å². The van der Waals surface area contributed by atoms with Crippen LogP contribution in [-0.4, -0.2) is 50.8 Å². The van der Waals surface area contributed by atoms with E-state index in [0.29, 0.717) is 12.3 Å². The lowest BCUT2D eigenvalue weighted by Gasteiger charge is -2.25. The fourth-order valence-electron chi connectivity index (χ4n) is 3.53. The van der Waals surface area contributed by atoms with Crippen LogP contribution in [-0.2, 0) is 11.2 Å². The molecule has 1 unspecified atom stereocenters. The van der Waals surface area contributed by atoms with E-state index in [2.05, 4.69) is 10.2 Å². The first kappa shape index (κ1) is 21.0. The van der Waals surface area contributed by atoms with Crippen LogP contribution in [0.25, 0.3) is 0 Å². The lowest BCUT2D eigenvalue weighted by atomic mass is 10.0. The minimum Gasteiger partial charge on any atom is -0.497 e. The minimum atomic E-state index is -0.249. The molecule has 29 heavy (non-hydrogen) atoms. The van der Waals surface area contributed by atoms with Gasteiger partial charge in [0.25, 0.3) is 5.91 Å². The summed E-state index contributed by atoms with van der Waals surface area (Å²) < 4.78 is 17.0. The molecule has 1 amide bonds. The zero-order valence-electron chi connectivity index (χ0n) is 17.8. The summed E-state index contributed by atoms with van der Waals surface area (Å²) in [5.41, 5.74) is 1.97. The van der Waals surface area contributed by atoms with Crippen molar-refractivity contribution in [1.82, 2.24) is 10.2 Å². The van der Waals surface area contributed by atoms with Crippen molar-refractivity contribution in [2.45, 2.75) is 31.9 Å². The highest BCUT2D eigenvalue weighted by molar-refractivity contribution is 5.77. The zero-order chi connectivity index (χ0) is 21.0. The fraction of sp³-hybridized carbons (Fsp3) is 0.435. The van der Waals surface area contributed by atoms with Crippen molar-refractivity contribution in [3.8, 4) is 17.2 Å². The van der Waals surface area contributed by atoms with Gasteiger partial charge in [0.15, 0.2) is 18.1 Å². The molecule has 0 aliphatic carbocycles. The molecule has 0 spiro atoms. The molecule has 0 radical (unpaired) electrons. The third kappa shape index (κ3) is 5.21. The number of ether oxygens (including phenoxy) is 3. The third-order valence-corrected chi connectivity index (χ3v) is 5.03. The summed E-state index contributed by atoms with van der Waals surface area (Å²) in [7, 11) is 5.63. The normalized spacial score (nSPS) is 15.4. The Balaban J connectivity index is 1.56. The molecule has 1 aliphatic rings. The number of nitrogens with one attached hydrogen (secondary N) is 1. The van der Waals surface area contributed by atoms with E-state index in [0.717, 1.165) is 29.0 Å². The molecule has 1 heterocycles. The number of carbonyl (C=O) groups excluding carboxylic acids is 1.